The highest BCUT2D eigenvalue weighted by atomic mass is 32.2. The molecule has 0 aliphatic heterocycles. The van der Waals surface area contributed by atoms with Crippen LogP contribution in [0, 0.1) is 10.1 Å². The number of aromatic nitrogens is 2. The van der Waals surface area contributed by atoms with Crippen molar-refractivity contribution in [1.82, 2.24) is 9.78 Å². The second-order valence-electron chi connectivity index (χ2n) is 7.25. The monoisotopic (exact) mass is 497 g/mol. The average molecular weight is 497 g/mol. The Labute approximate surface area is 191 Å². The molecule has 0 aliphatic carbocycles. The van der Waals surface area contributed by atoms with Crippen molar-refractivity contribution in [2.75, 3.05) is 12.9 Å². The molecule has 0 saturated heterocycles. The number of alkyl halides is 3. The van der Waals surface area contributed by atoms with Crippen molar-refractivity contribution >= 4 is 15.6 Å². The fraction of sp³-hybridized carbons (Fsp3) is 0.238. The lowest BCUT2D eigenvalue weighted by atomic mass is 10.1. The van der Waals surface area contributed by atoms with E-state index in [0.717, 1.165) is 18.4 Å². The lowest BCUT2D eigenvalue weighted by Crippen LogP contribution is -2.07. The molecule has 1 heterocycles. The molecule has 0 radical (unpaired) electrons. The van der Waals surface area contributed by atoms with E-state index in [2.05, 4.69) is 9.94 Å². The Kier molecular flexibility index (Phi) is 7.05. The van der Waals surface area contributed by atoms with E-state index in [1.807, 2.05) is 0 Å². The summed E-state index contributed by atoms with van der Waals surface area (Å²) in [5, 5.41) is 13.5. The summed E-state index contributed by atoms with van der Waals surface area (Å²) in [6, 6.07) is 11.3. The predicted molar refractivity (Wildman–Crippen MR) is 114 cm³/mol. The fourth-order valence-corrected chi connectivity index (χ4v) is 3.71. The molecule has 34 heavy (non-hydrogen) atoms. The first kappa shape index (κ1) is 24.9. The molecule has 0 fully saturated rings. The van der Waals surface area contributed by atoms with E-state index in [0.29, 0.717) is 11.3 Å². The van der Waals surface area contributed by atoms with Gasteiger partial charge < -0.3 is 4.84 Å². The summed E-state index contributed by atoms with van der Waals surface area (Å²) >= 11 is 0. The van der Waals surface area contributed by atoms with Crippen molar-refractivity contribution in [3.63, 3.8) is 0 Å². The van der Waals surface area contributed by atoms with Crippen LogP contribution in [0.25, 0.3) is 16.9 Å². The van der Waals surface area contributed by atoms with Gasteiger partial charge in [0.05, 0.1) is 28.4 Å². The molecule has 0 unspecified atom stereocenters. The molecule has 0 N–H and O–H groups in total. The van der Waals surface area contributed by atoms with Crippen LogP contribution in [0.2, 0.25) is 0 Å². The molecule has 13 heteroatoms. The van der Waals surface area contributed by atoms with Gasteiger partial charge in [0.2, 0.25) is 0 Å². The normalized spacial score (nSPS) is 11.9. The van der Waals surface area contributed by atoms with Crippen LogP contribution >= 0.6 is 0 Å². The second-order valence-corrected chi connectivity index (χ2v) is 9.27. The SMILES string of the molecule is CS(=O)(=O)c1ccc(-c2cc(C(=O)CCCO[N+](=O)[O-])nn2-c2ccc(C(F)(F)F)cc2)cc1. The molecule has 2 aromatic carbocycles. The summed E-state index contributed by atoms with van der Waals surface area (Å²) in [7, 11) is -3.45. The van der Waals surface area contributed by atoms with Crippen molar-refractivity contribution in [2.24, 2.45) is 0 Å². The number of carbonyl (C=O) groups is 1. The highest BCUT2D eigenvalue weighted by Crippen LogP contribution is 2.31. The van der Waals surface area contributed by atoms with Crippen LogP contribution in [-0.2, 0) is 20.9 Å². The van der Waals surface area contributed by atoms with Gasteiger partial charge in [-0.1, -0.05) is 12.1 Å². The second kappa shape index (κ2) is 9.63. The van der Waals surface area contributed by atoms with Crippen LogP contribution < -0.4 is 0 Å². The third-order valence-electron chi connectivity index (χ3n) is 4.76. The van der Waals surface area contributed by atoms with Crippen molar-refractivity contribution in [2.45, 2.75) is 23.9 Å². The molecule has 3 rings (SSSR count). The number of halogens is 3. The van der Waals surface area contributed by atoms with Gasteiger partial charge in [0.15, 0.2) is 15.6 Å². The summed E-state index contributed by atoms with van der Waals surface area (Å²) in [5.41, 5.74) is 0.180. The maximum absolute atomic E-state index is 12.9. The van der Waals surface area contributed by atoms with E-state index in [9.17, 15) is 36.5 Å². The minimum Gasteiger partial charge on any atom is -0.314 e. The van der Waals surface area contributed by atoms with Gasteiger partial charge >= 0.3 is 6.18 Å². The topological polar surface area (TPSA) is 121 Å². The minimum atomic E-state index is -4.53. The Morgan fingerprint density at radius 1 is 1.12 bits per heavy atom. The third-order valence-corrected chi connectivity index (χ3v) is 5.89. The quantitative estimate of drug-likeness (QED) is 0.189. The number of carbonyl (C=O) groups excluding carboxylic acids is 1. The van der Waals surface area contributed by atoms with E-state index in [1.54, 1.807) is 0 Å². The zero-order valence-corrected chi connectivity index (χ0v) is 18.5. The molecule has 0 spiro atoms. The van der Waals surface area contributed by atoms with Gasteiger partial charge in [-0.25, -0.2) is 13.1 Å². The first-order chi connectivity index (χ1) is 15.9. The van der Waals surface area contributed by atoms with Crippen LogP contribution in [0.3, 0.4) is 0 Å². The van der Waals surface area contributed by atoms with Crippen molar-refractivity contribution < 1.29 is 36.3 Å². The van der Waals surface area contributed by atoms with Gasteiger partial charge in [-0.05, 0) is 48.9 Å². The molecule has 0 amide bonds. The van der Waals surface area contributed by atoms with Gasteiger partial charge in [0.25, 0.3) is 5.09 Å². The number of rotatable bonds is 9. The molecule has 1 aromatic heterocycles. The van der Waals surface area contributed by atoms with Crippen LogP contribution in [-0.4, -0.2) is 41.9 Å². The molecule has 180 valence electrons. The zero-order chi connectivity index (χ0) is 25.1. The number of sulfone groups is 1. The maximum atomic E-state index is 12.9. The molecule has 0 saturated carbocycles. The van der Waals surface area contributed by atoms with Crippen molar-refractivity contribution in [3.8, 4) is 16.9 Å². The van der Waals surface area contributed by atoms with Crippen LogP contribution in [0.4, 0.5) is 13.2 Å². The van der Waals surface area contributed by atoms with E-state index in [4.69, 9.17) is 0 Å². The summed E-state index contributed by atoms with van der Waals surface area (Å²) in [4.78, 5) is 27.0. The summed E-state index contributed by atoms with van der Waals surface area (Å²) < 4.78 is 63.6. The largest absolute Gasteiger partial charge is 0.416 e. The first-order valence-electron chi connectivity index (χ1n) is 9.75. The lowest BCUT2D eigenvalue weighted by molar-refractivity contribution is -0.757. The van der Waals surface area contributed by atoms with E-state index >= 15 is 0 Å². The van der Waals surface area contributed by atoms with Crippen LogP contribution in [0.1, 0.15) is 28.9 Å². The standard InChI is InChI=1S/C21H18F3N3O6S/c1-34(31,32)17-10-4-14(5-11-17)19-13-18(20(28)3-2-12-33-27(29)30)25-26(19)16-8-6-15(7-9-16)21(22,23)24/h4-11,13H,2-3,12H2,1H3. The van der Waals surface area contributed by atoms with Gasteiger partial charge in [-0.15, -0.1) is 10.1 Å². The molecular weight excluding hydrogens is 479 g/mol. The van der Waals surface area contributed by atoms with Crippen molar-refractivity contribution in [3.05, 3.63) is 76.0 Å². The number of benzene rings is 2. The highest BCUT2D eigenvalue weighted by molar-refractivity contribution is 7.90. The average Bonchev–Trinajstić information content (AvgIpc) is 3.21. The molecule has 0 bridgehead atoms. The number of hydrogen-bond acceptors (Lipinski definition) is 7. The Morgan fingerprint density at radius 3 is 2.26 bits per heavy atom. The number of hydrogen-bond donors (Lipinski definition) is 0. The van der Waals surface area contributed by atoms with Crippen LogP contribution in [0.5, 0.6) is 0 Å². The van der Waals surface area contributed by atoms with Gasteiger partial charge in [-0.2, -0.15) is 18.3 Å². The predicted octanol–water partition coefficient (Wildman–Crippen LogP) is 4.13. The van der Waals surface area contributed by atoms with Crippen LogP contribution in [0.15, 0.2) is 59.5 Å². The van der Waals surface area contributed by atoms with Crippen molar-refractivity contribution in [1.29, 1.82) is 0 Å². The molecule has 3 aromatic rings. The Balaban J connectivity index is 1.99. The minimum absolute atomic E-state index is 0.0109. The Morgan fingerprint density at radius 2 is 1.74 bits per heavy atom. The molecular formula is C21H18F3N3O6S. The summed E-state index contributed by atoms with van der Waals surface area (Å²) in [6.45, 7) is -0.280. The lowest BCUT2D eigenvalue weighted by Gasteiger charge is -2.10. The molecule has 0 atom stereocenters. The summed E-state index contributed by atoms with van der Waals surface area (Å²) in [6.07, 6.45) is -3.52. The molecule has 9 nitrogen and oxygen atoms in total. The fourth-order valence-electron chi connectivity index (χ4n) is 3.08. The number of nitrogens with zero attached hydrogens (tertiary/aromatic N) is 3. The van der Waals surface area contributed by atoms with Gasteiger partial charge in [-0.3, -0.25) is 4.79 Å². The van der Waals surface area contributed by atoms with E-state index < -0.39 is 32.4 Å². The Hall–Kier alpha value is -3.74. The Bertz CT molecular complexity index is 1300. The summed E-state index contributed by atoms with van der Waals surface area (Å²) in [5.74, 6) is -0.452. The first-order valence-corrected chi connectivity index (χ1v) is 11.6. The number of Topliss-reactive ketones (excluding diaryl/α,β-unsaturated/α-hetero) is 1. The maximum Gasteiger partial charge on any atom is 0.416 e. The smallest absolute Gasteiger partial charge is 0.314 e. The highest BCUT2D eigenvalue weighted by Gasteiger charge is 2.30. The third kappa shape index (κ3) is 5.98. The van der Waals surface area contributed by atoms with Gasteiger partial charge in [0.1, 0.15) is 5.69 Å². The van der Waals surface area contributed by atoms with E-state index in [-0.39, 0.29) is 35.7 Å². The van der Waals surface area contributed by atoms with E-state index in [1.165, 1.54) is 47.1 Å². The molecule has 0 aliphatic rings. The zero-order valence-electron chi connectivity index (χ0n) is 17.7. The number of ketones is 1. The van der Waals surface area contributed by atoms with Gasteiger partial charge in [0, 0.05) is 18.2 Å².